The summed E-state index contributed by atoms with van der Waals surface area (Å²) in [4.78, 5) is 14.7. The maximum Gasteiger partial charge on any atom is 0.223 e. The molecule has 0 saturated carbocycles. The van der Waals surface area contributed by atoms with Crippen LogP contribution in [0.3, 0.4) is 0 Å². The summed E-state index contributed by atoms with van der Waals surface area (Å²) in [6.07, 6.45) is 1.51. The number of hydrogen-bond donors (Lipinski definition) is 1. The summed E-state index contributed by atoms with van der Waals surface area (Å²) in [6, 6.07) is 17.8. The third-order valence-electron chi connectivity index (χ3n) is 5.60. The highest BCUT2D eigenvalue weighted by atomic mass is 19.1. The number of hydrogen-bond acceptors (Lipinski definition) is 5. The van der Waals surface area contributed by atoms with Crippen molar-refractivity contribution in [1.29, 1.82) is 0 Å². The van der Waals surface area contributed by atoms with Crippen LogP contribution in [0, 0.1) is 11.7 Å². The predicted molar refractivity (Wildman–Crippen MR) is 117 cm³/mol. The van der Waals surface area contributed by atoms with Crippen molar-refractivity contribution in [2.24, 2.45) is 5.92 Å². The Morgan fingerprint density at radius 2 is 1.81 bits per heavy atom. The van der Waals surface area contributed by atoms with Crippen LogP contribution in [-0.2, 0) is 11.3 Å². The van der Waals surface area contributed by atoms with Crippen molar-refractivity contribution in [3.05, 3.63) is 72.0 Å². The molecule has 31 heavy (non-hydrogen) atoms. The minimum Gasteiger partial charge on any atom is -0.496 e. The molecule has 1 aromatic heterocycles. The Labute approximate surface area is 181 Å². The number of nitrogens with zero attached hydrogens (tertiary/aromatic N) is 3. The number of para-hydroxylation sites is 1. The second-order valence-corrected chi connectivity index (χ2v) is 7.58. The number of aromatic nitrogens is 2. The maximum absolute atomic E-state index is 13.0. The van der Waals surface area contributed by atoms with Gasteiger partial charge in [0.2, 0.25) is 5.91 Å². The van der Waals surface area contributed by atoms with Crippen LogP contribution in [0.5, 0.6) is 5.75 Å². The van der Waals surface area contributed by atoms with Gasteiger partial charge in [-0.2, -0.15) is 0 Å². The Balaban J connectivity index is 1.31. The number of benzene rings is 2. The Morgan fingerprint density at radius 1 is 1.06 bits per heavy atom. The normalized spacial score (nSPS) is 14.3. The number of methoxy groups -OCH3 is 1. The zero-order chi connectivity index (χ0) is 21.6. The molecule has 0 aliphatic carbocycles. The van der Waals surface area contributed by atoms with Gasteiger partial charge in [0.15, 0.2) is 5.82 Å². The minimum atomic E-state index is -0.276. The standard InChI is InChI=1S/C24H25FN4O2/c1-31-22-5-3-2-4-20(22)21-10-11-23(28-27-21)29-14-12-18(13-15-29)24(30)26-16-17-6-8-19(25)9-7-17/h2-11,18H,12-16H2,1H3,(H,26,30). The van der Waals surface area contributed by atoms with Crippen LogP contribution in [0.4, 0.5) is 10.2 Å². The largest absolute Gasteiger partial charge is 0.496 e. The van der Waals surface area contributed by atoms with E-state index in [0.717, 1.165) is 54.3 Å². The molecule has 4 rings (SSSR count). The molecule has 0 atom stereocenters. The lowest BCUT2D eigenvalue weighted by Gasteiger charge is -2.31. The molecule has 0 radical (unpaired) electrons. The molecule has 160 valence electrons. The Hall–Kier alpha value is -3.48. The van der Waals surface area contributed by atoms with Crippen molar-refractivity contribution in [2.75, 3.05) is 25.1 Å². The first kappa shape index (κ1) is 20.8. The van der Waals surface area contributed by atoms with Gasteiger partial charge >= 0.3 is 0 Å². The van der Waals surface area contributed by atoms with Gasteiger partial charge in [-0.15, -0.1) is 10.2 Å². The summed E-state index contributed by atoms with van der Waals surface area (Å²) >= 11 is 0. The molecule has 0 unspecified atom stereocenters. The molecule has 7 heteroatoms. The number of ether oxygens (including phenoxy) is 1. The molecule has 3 aromatic rings. The molecule has 6 nitrogen and oxygen atoms in total. The van der Waals surface area contributed by atoms with Gasteiger partial charge in [-0.3, -0.25) is 4.79 Å². The Bertz CT molecular complexity index is 1020. The number of rotatable bonds is 6. The van der Waals surface area contributed by atoms with Gasteiger partial charge in [-0.1, -0.05) is 24.3 Å². The van der Waals surface area contributed by atoms with E-state index in [1.54, 1.807) is 19.2 Å². The number of carbonyl (C=O) groups excluding carboxylic acids is 1. The average molecular weight is 420 g/mol. The molecule has 2 aromatic carbocycles. The topological polar surface area (TPSA) is 67.3 Å². The lowest BCUT2D eigenvalue weighted by Crippen LogP contribution is -2.40. The number of carbonyl (C=O) groups is 1. The van der Waals surface area contributed by atoms with E-state index in [1.807, 2.05) is 36.4 Å². The first-order chi connectivity index (χ1) is 15.1. The number of nitrogens with one attached hydrogen (secondary N) is 1. The molecule has 0 spiro atoms. The third-order valence-corrected chi connectivity index (χ3v) is 5.60. The molecule has 1 aliphatic rings. The first-order valence-electron chi connectivity index (χ1n) is 10.4. The molecule has 1 N–H and O–H groups in total. The van der Waals surface area contributed by atoms with Crippen LogP contribution in [0.1, 0.15) is 18.4 Å². The SMILES string of the molecule is COc1ccccc1-c1ccc(N2CCC(C(=O)NCc3ccc(F)cc3)CC2)nn1. The van der Waals surface area contributed by atoms with Crippen LogP contribution in [0.15, 0.2) is 60.7 Å². The van der Waals surface area contributed by atoms with E-state index in [1.165, 1.54) is 12.1 Å². The van der Waals surface area contributed by atoms with Crippen LogP contribution < -0.4 is 15.0 Å². The Kier molecular flexibility index (Phi) is 6.40. The predicted octanol–water partition coefficient (Wildman–Crippen LogP) is 3.82. The number of piperidine rings is 1. The monoisotopic (exact) mass is 420 g/mol. The van der Waals surface area contributed by atoms with Crippen molar-refractivity contribution < 1.29 is 13.9 Å². The zero-order valence-electron chi connectivity index (χ0n) is 17.4. The van der Waals surface area contributed by atoms with E-state index >= 15 is 0 Å². The molecule has 0 bridgehead atoms. The fourth-order valence-electron chi connectivity index (χ4n) is 3.80. The van der Waals surface area contributed by atoms with Gasteiger partial charge in [0.1, 0.15) is 11.6 Å². The average Bonchev–Trinajstić information content (AvgIpc) is 2.83. The molecule has 2 heterocycles. The van der Waals surface area contributed by atoms with Crippen molar-refractivity contribution in [2.45, 2.75) is 19.4 Å². The van der Waals surface area contributed by atoms with Gasteiger partial charge in [0, 0.05) is 31.1 Å². The van der Waals surface area contributed by atoms with E-state index in [4.69, 9.17) is 4.74 Å². The molecule has 1 fully saturated rings. The van der Waals surface area contributed by atoms with Gasteiger partial charge in [0.25, 0.3) is 0 Å². The van der Waals surface area contributed by atoms with Gasteiger partial charge in [-0.05, 0) is 54.8 Å². The number of halogens is 1. The van der Waals surface area contributed by atoms with E-state index in [9.17, 15) is 9.18 Å². The van der Waals surface area contributed by atoms with Crippen LogP contribution in [0.25, 0.3) is 11.3 Å². The second-order valence-electron chi connectivity index (χ2n) is 7.58. The maximum atomic E-state index is 13.0. The minimum absolute atomic E-state index is 0.0301. The van der Waals surface area contributed by atoms with Crippen LogP contribution in [0.2, 0.25) is 0 Å². The summed E-state index contributed by atoms with van der Waals surface area (Å²) in [5, 5.41) is 11.7. The second kappa shape index (κ2) is 9.55. The molecule has 1 saturated heterocycles. The smallest absolute Gasteiger partial charge is 0.223 e. The highest BCUT2D eigenvalue weighted by molar-refractivity contribution is 5.79. The van der Waals surface area contributed by atoms with E-state index in [-0.39, 0.29) is 17.6 Å². The quantitative estimate of drug-likeness (QED) is 0.657. The highest BCUT2D eigenvalue weighted by Gasteiger charge is 2.25. The number of anilines is 1. The molecule has 1 amide bonds. The van der Waals surface area contributed by atoms with E-state index < -0.39 is 0 Å². The summed E-state index contributed by atoms with van der Waals surface area (Å²) < 4.78 is 18.4. The van der Waals surface area contributed by atoms with Gasteiger partial charge in [0.05, 0.1) is 12.8 Å². The summed E-state index contributed by atoms with van der Waals surface area (Å²) in [7, 11) is 1.64. The fraction of sp³-hybridized carbons (Fsp3) is 0.292. The lowest BCUT2D eigenvalue weighted by molar-refractivity contribution is -0.125. The first-order valence-corrected chi connectivity index (χ1v) is 10.4. The highest BCUT2D eigenvalue weighted by Crippen LogP contribution is 2.29. The molecular weight excluding hydrogens is 395 g/mol. The summed E-state index contributed by atoms with van der Waals surface area (Å²) in [6.45, 7) is 1.91. The van der Waals surface area contributed by atoms with Crippen LogP contribution in [-0.4, -0.2) is 36.3 Å². The fourth-order valence-corrected chi connectivity index (χ4v) is 3.80. The van der Waals surface area contributed by atoms with E-state index in [0.29, 0.717) is 6.54 Å². The zero-order valence-corrected chi connectivity index (χ0v) is 17.4. The van der Waals surface area contributed by atoms with Crippen LogP contribution >= 0.6 is 0 Å². The molecule has 1 aliphatic heterocycles. The van der Waals surface area contributed by atoms with Crippen molar-refractivity contribution in [3.63, 3.8) is 0 Å². The lowest BCUT2D eigenvalue weighted by atomic mass is 9.96. The summed E-state index contributed by atoms with van der Waals surface area (Å²) in [5.41, 5.74) is 2.55. The van der Waals surface area contributed by atoms with Crippen molar-refractivity contribution >= 4 is 11.7 Å². The third kappa shape index (κ3) is 4.99. The van der Waals surface area contributed by atoms with Crippen molar-refractivity contribution in [3.8, 4) is 17.0 Å². The van der Waals surface area contributed by atoms with Gasteiger partial charge in [-0.25, -0.2) is 4.39 Å². The van der Waals surface area contributed by atoms with Gasteiger partial charge < -0.3 is 15.0 Å². The summed E-state index contributed by atoms with van der Waals surface area (Å²) in [5.74, 6) is 1.31. The number of amides is 1. The Morgan fingerprint density at radius 3 is 2.48 bits per heavy atom. The van der Waals surface area contributed by atoms with E-state index in [2.05, 4.69) is 20.4 Å². The van der Waals surface area contributed by atoms with Crippen molar-refractivity contribution in [1.82, 2.24) is 15.5 Å². The molecular formula is C24H25FN4O2.